The zero-order valence-electron chi connectivity index (χ0n) is 15.6. The summed E-state index contributed by atoms with van der Waals surface area (Å²) in [6.45, 7) is 0. The van der Waals surface area contributed by atoms with Gasteiger partial charge in [-0.3, -0.25) is 4.79 Å². The van der Waals surface area contributed by atoms with E-state index in [0.29, 0.717) is 50.3 Å². The molecule has 0 aliphatic rings. The maximum atomic E-state index is 12.7. The second kappa shape index (κ2) is 6.81. The molecule has 0 atom stereocenters. The summed E-state index contributed by atoms with van der Waals surface area (Å²) >= 11 is 0. The van der Waals surface area contributed by atoms with E-state index in [1.165, 1.54) is 27.4 Å². The molecule has 0 aliphatic heterocycles. The normalized spacial score (nSPS) is 11.0. The Bertz CT molecular complexity index is 1230. The molecule has 1 aromatic heterocycles. The highest BCUT2D eigenvalue weighted by molar-refractivity contribution is 6.06. The molecule has 0 spiro atoms. The SMILES string of the molecule is COc1cc(-c2cc(=O)c3ccc4c(O)cccc4c3o2)cc(OC)c1OC. The van der Waals surface area contributed by atoms with Gasteiger partial charge in [-0.05, 0) is 30.3 Å². The van der Waals surface area contributed by atoms with Gasteiger partial charge in [0.25, 0.3) is 0 Å². The molecule has 142 valence electrons. The largest absolute Gasteiger partial charge is 0.507 e. The molecule has 4 aromatic rings. The van der Waals surface area contributed by atoms with Crippen LogP contribution in [0.5, 0.6) is 23.0 Å². The van der Waals surface area contributed by atoms with E-state index in [1.807, 2.05) is 0 Å². The predicted molar refractivity (Wildman–Crippen MR) is 107 cm³/mol. The minimum absolute atomic E-state index is 0.125. The standard InChI is InChI=1S/C22H18O6/c1-25-19-9-12(10-20(26-2)22(19)27-3)18-11-17(24)15-8-7-13-14(21(15)28-18)5-4-6-16(13)23/h4-11,23H,1-3H3. The summed E-state index contributed by atoms with van der Waals surface area (Å²) < 4.78 is 22.2. The second-order valence-electron chi connectivity index (χ2n) is 6.20. The Balaban J connectivity index is 2.04. The van der Waals surface area contributed by atoms with Gasteiger partial charge in [0, 0.05) is 22.4 Å². The number of fused-ring (bicyclic) bond motifs is 3. The van der Waals surface area contributed by atoms with E-state index in [4.69, 9.17) is 18.6 Å². The van der Waals surface area contributed by atoms with Crippen LogP contribution in [0.2, 0.25) is 0 Å². The van der Waals surface area contributed by atoms with Crippen molar-refractivity contribution in [2.24, 2.45) is 0 Å². The number of phenolic OH excluding ortho intramolecular Hbond substituents is 1. The van der Waals surface area contributed by atoms with Crippen molar-refractivity contribution < 1.29 is 23.7 Å². The first-order chi connectivity index (χ1) is 13.6. The lowest BCUT2D eigenvalue weighted by Gasteiger charge is -2.14. The monoisotopic (exact) mass is 378 g/mol. The summed E-state index contributed by atoms with van der Waals surface area (Å²) in [7, 11) is 4.57. The van der Waals surface area contributed by atoms with Crippen molar-refractivity contribution in [3.8, 4) is 34.3 Å². The van der Waals surface area contributed by atoms with Gasteiger partial charge < -0.3 is 23.7 Å². The quantitative estimate of drug-likeness (QED) is 0.532. The van der Waals surface area contributed by atoms with Crippen molar-refractivity contribution in [2.75, 3.05) is 21.3 Å². The molecule has 0 saturated heterocycles. The van der Waals surface area contributed by atoms with E-state index in [-0.39, 0.29) is 11.2 Å². The van der Waals surface area contributed by atoms with Crippen LogP contribution in [0.3, 0.4) is 0 Å². The van der Waals surface area contributed by atoms with Crippen molar-refractivity contribution in [1.29, 1.82) is 0 Å². The van der Waals surface area contributed by atoms with Crippen LogP contribution in [0.15, 0.2) is 57.7 Å². The van der Waals surface area contributed by atoms with Crippen molar-refractivity contribution in [3.63, 3.8) is 0 Å². The van der Waals surface area contributed by atoms with E-state index in [0.717, 1.165) is 0 Å². The molecule has 0 fully saturated rings. The molecule has 0 saturated carbocycles. The minimum Gasteiger partial charge on any atom is -0.507 e. The van der Waals surface area contributed by atoms with E-state index in [2.05, 4.69) is 0 Å². The van der Waals surface area contributed by atoms with Crippen molar-refractivity contribution in [3.05, 3.63) is 58.8 Å². The molecule has 28 heavy (non-hydrogen) atoms. The Labute approximate surface area is 160 Å². The molecule has 6 nitrogen and oxygen atoms in total. The maximum Gasteiger partial charge on any atom is 0.203 e. The lowest BCUT2D eigenvalue weighted by atomic mass is 10.0. The number of benzene rings is 3. The third-order valence-electron chi connectivity index (χ3n) is 4.68. The Morgan fingerprint density at radius 1 is 0.821 bits per heavy atom. The fourth-order valence-corrected chi connectivity index (χ4v) is 3.32. The Morgan fingerprint density at radius 3 is 2.14 bits per heavy atom. The number of hydrogen-bond acceptors (Lipinski definition) is 6. The molecule has 6 heteroatoms. The van der Waals surface area contributed by atoms with Crippen LogP contribution in [0, 0.1) is 0 Å². The zero-order chi connectivity index (χ0) is 19.8. The first kappa shape index (κ1) is 17.7. The number of hydrogen-bond donors (Lipinski definition) is 1. The van der Waals surface area contributed by atoms with E-state index < -0.39 is 0 Å². The summed E-state index contributed by atoms with van der Waals surface area (Å²) in [4.78, 5) is 12.7. The van der Waals surface area contributed by atoms with Gasteiger partial charge in [-0.2, -0.15) is 0 Å². The third-order valence-corrected chi connectivity index (χ3v) is 4.68. The van der Waals surface area contributed by atoms with E-state index in [1.54, 1.807) is 42.5 Å². The van der Waals surface area contributed by atoms with Crippen LogP contribution in [-0.2, 0) is 0 Å². The summed E-state index contributed by atoms with van der Waals surface area (Å²) in [6.07, 6.45) is 0. The van der Waals surface area contributed by atoms with Gasteiger partial charge in [-0.1, -0.05) is 12.1 Å². The van der Waals surface area contributed by atoms with Crippen LogP contribution in [0.4, 0.5) is 0 Å². The molecular weight excluding hydrogens is 360 g/mol. The molecule has 0 amide bonds. The Hall–Kier alpha value is -3.67. The number of phenols is 1. The topological polar surface area (TPSA) is 78.1 Å². The van der Waals surface area contributed by atoms with Gasteiger partial charge in [0.05, 0.1) is 26.7 Å². The number of rotatable bonds is 4. The Morgan fingerprint density at radius 2 is 1.50 bits per heavy atom. The van der Waals surface area contributed by atoms with Crippen LogP contribution in [-0.4, -0.2) is 26.4 Å². The lowest BCUT2D eigenvalue weighted by Crippen LogP contribution is -2.01. The minimum atomic E-state index is -0.185. The molecule has 0 unspecified atom stereocenters. The maximum absolute atomic E-state index is 12.7. The first-order valence-corrected chi connectivity index (χ1v) is 8.56. The number of methoxy groups -OCH3 is 3. The molecule has 0 radical (unpaired) electrons. The fraction of sp³-hybridized carbons (Fsp3) is 0.136. The molecule has 1 heterocycles. The molecule has 0 bridgehead atoms. The second-order valence-corrected chi connectivity index (χ2v) is 6.20. The van der Waals surface area contributed by atoms with Gasteiger partial charge in [0.1, 0.15) is 17.1 Å². The van der Waals surface area contributed by atoms with Gasteiger partial charge in [-0.15, -0.1) is 0 Å². The number of ether oxygens (including phenoxy) is 3. The molecule has 0 aliphatic carbocycles. The lowest BCUT2D eigenvalue weighted by molar-refractivity contribution is 0.324. The van der Waals surface area contributed by atoms with Gasteiger partial charge in [0.2, 0.25) is 5.75 Å². The summed E-state index contributed by atoms with van der Waals surface area (Å²) in [5.74, 6) is 1.84. The van der Waals surface area contributed by atoms with Crippen molar-refractivity contribution in [2.45, 2.75) is 0 Å². The molecule has 3 aromatic carbocycles. The van der Waals surface area contributed by atoms with Gasteiger partial charge in [-0.25, -0.2) is 0 Å². The predicted octanol–water partition coefficient (Wildman–Crippen LogP) is 4.34. The smallest absolute Gasteiger partial charge is 0.203 e. The van der Waals surface area contributed by atoms with Crippen molar-refractivity contribution in [1.82, 2.24) is 0 Å². The number of aromatic hydroxyl groups is 1. The van der Waals surface area contributed by atoms with E-state index >= 15 is 0 Å². The first-order valence-electron chi connectivity index (χ1n) is 8.56. The van der Waals surface area contributed by atoms with Crippen molar-refractivity contribution >= 4 is 21.7 Å². The average Bonchev–Trinajstić information content (AvgIpc) is 2.72. The fourth-order valence-electron chi connectivity index (χ4n) is 3.32. The summed E-state index contributed by atoms with van der Waals surface area (Å²) in [5, 5.41) is 11.8. The van der Waals surface area contributed by atoms with Crippen LogP contribution < -0.4 is 19.6 Å². The highest BCUT2D eigenvalue weighted by Crippen LogP contribution is 2.41. The third kappa shape index (κ3) is 2.70. The van der Waals surface area contributed by atoms with Gasteiger partial charge in [0.15, 0.2) is 16.9 Å². The summed E-state index contributed by atoms with van der Waals surface area (Å²) in [5.41, 5.74) is 0.825. The summed E-state index contributed by atoms with van der Waals surface area (Å²) in [6, 6.07) is 13.3. The zero-order valence-corrected chi connectivity index (χ0v) is 15.6. The molecule has 4 rings (SSSR count). The van der Waals surface area contributed by atoms with E-state index in [9.17, 15) is 9.90 Å². The Kier molecular flexibility index (Phi) is 4.31. The van der Waals surface area contributed by atoms with Crippen LogP contribution >= 0.6 is 0 Å². The highest BCUT2D eigenvalue weighted by atomic mass is 16.5. The van der Waals surface area contributed by atoms with Crippen LogP contribution in [0.25, 0.3) is 33.1 Å². The highest BCUT2D eigenvalue weighted by Gasteiger charge is 2.17. The molecule has 1 N–H and O–H groups in total. The van der Waals surface area contributed by atoms with Crippen LogP contribution in [0.1, 0.15) is 0 Å². The molecular formula is C22H18O6. The average molecular weight is 378 g/mol. The van der Waals surface area contributed by atoms with Gasteiger partial charge >= 0.3 is 0 Å².